The topological polar surface area (TPSA) is 13.1 Å². The van der Waals surface area contributed by atoms with Crippen LogP contribution >= 0.6 is 0 Å². The SMILES string of the molecule is C=CC1C(C2=CC(c3cccc4oc5ccccc5c34)=CCC2)=c2ccccc2=C(C2=c3ccccc3=CCC2)C1C=C. The van der Waals surface area contributed by atoms with Crippen molar-refractivity contribution in [3.63, 3.8) is 0 Å². The van der Waals surface area contributed by atoms with Crippen LogP contribution in [0.3, 0.4) is 0 Å². The van der Waals surface area contributed by atoms with Gasteiger partial charge in [0, 0.05) is 22.6 Å². The van der Waals surface area contributed by atoms with E-state index in [9.17, 15) is 0 Å². The molecule has 1 aromatic heterocycles. The first-order chi connectivity index (χ1) is 21.3. The quantitative estimate of drug-likeness (QED) is 0.203. The van der Waals surface area contributed by atoms with Crippen LogP contribution in [-0.4, -0.2) is 0 Å². The summed E-state index contributed by atoms with van der Waals surface area (Å²) in [5.74, 6) is 0.296. The second-order valence-electron chi connectivity index (χ2n) is 11.8. The molecule has 0 fully saturated rings. The van der Waals surface area contributed by atoms with E-state index in [4.69, 9.17) is 4.42 Å². The Labute approximate surface area is 252 Å². The van der Waals surface area contributed by atoms with Gasteiger partial charge in [-0.05, 0) is 92.1 Å². The summed E-state index contributed by atoms with van der Waals surface area (Å²) in [6.07, 6.45) is 15.7. The summed E-state index contributed by atoms with van der Waals surface area (Å²) in [6, 6.07) is 32.7. The van der Waals surface area contributed by atoms with Gasteiger partial charge in [-0.1, -0.05) is 109 Å². The molecule has 0 saturated carbocycles. The molecule has 0 aliphatic heterocycles. The van der Waals surface area contributed by atoms with Crippen LogP contribution in [0.2, 0.25) is 0 Å². The molecule has 3 aliphatic carbocycles. The number of para-hydroxylation sites is 1. The van der Waals surface area contributed by atoms with Gasteiger partial charge < -0.3 is 4.42 Å². The Hall–Kier alpha value is -4.88. The van der Waals surface area contributed by atoms with Gasteiger partial charge in [0.25, 0.3) is 0 Å². The van der Waals surface area contributed by atoms with Gasteiger partial charge in [0.15, 0.2) is 0 Å². The molecular formula is C42H34O. The second kappa shape index (κ2) is 10.4. The third kappa shape index (κ3) is 4.07. The molecule has 1 nitrogen and oxygen atoms in total. The highest BCUT2D eigenvalue weighted by molar-refractivity contribution is 6.11. The molecule has 4 aromatic carbocycles. The van der Waals surface area contributed by atoms with Gasteiger partial charge in [-0.3, -0.25) is 0 Å². The molecule has 2 unspecified atom stereocenters. The van der Waals surface area contributed by atoms with Gasteiger partial charge in [-0.25, -0.2) is 0 Å². The average molecular weight is 555 g/mol. The molecule has 5 aromatic rings. The molecule has 1 heteroatoms. The van der Waals surface area contributed by atoms with E-state index in [1.54, 1.807) is 0 Å². The van der Waals surface area contributed by atoms with Gasteiger partial charge in [0.1, 0.15) is 11.2 Å². The Bertz CT molecular complexity index is 2280. The van der Waals surface area contributed by atoms with Gasteiger partial charge >= 0.3 is 0 Å². The van der Waals surface area contributed by atoms with Gasteiger partial charge in [0.2, 0.25) is 0 Å². The molecule has 8 rings (SSSR count). The lowest BCUT2D eigenvalue weighted by Gasteiger charge is -2.34. The Balaban J connectivity index is 1.40. The Kier molecular flexibility index (Phi) is 6.26. The maximum atomic E-state index is 6.25. The average Bonchev–Trinajstić information content (AvgIpc) is 3.46. The summed E-state index contributed by atoms with van der Waals surface area (Å²) in [5, 5.41) is 7.74. The third-order valence-corrected chi connectivity index (χ3v) is 9.61. The fourth-order valence-electron chi connectivity index (χ4n) is 7.80. The first kappa shape index (κ1) is 25.8. The lowest BCUT2D eigenvalue weighted by Crippen LogP contribution is -2.42. The summed E-state index contributed by atoms with van der Waals surface area (Å²) >= 11 is 0. The van der Waals surface area contributed by atoms with E-state index < -0.39 is 0 Å². The normalized spacial score (nSPS) is 19.8. The molecular weight excluding hydrogens is 520 g/mol. The maximum Gasteiger partial charge on any atom is 0.136 e. The summed E-state index contributed by atoms with van der Waals surface area (Å²) < 4.78 is 6.25. The van der Waals surface area contributed by atoms with Crippen LogP contribution in [0.4, 0.5) is 0 Å². The summed E-state index contributed by atoms with van der Waals surface area (Å²) in [5.41, 5.74) is 10.0. The van der Waals surface area contributed by atoms with Crippen LogP contribution in [-0.2, 0) is 0 Å². The van der Waals surface area contributed by atoms with Crippen molar-refractivity contribution in [2.75, 3.05) is 0 Å². The number of hydrogen-bond acceptors (Lipinski definition) is 1. The maximum absolute atomic E-state index is 6.25. The molecule has 0 saturated heterocycles. The van der Waals surface area contributed by atoms with Crippen LogP contribution in [0.25, 0.3) is 50.3 Å². The predicted molar refractivity (Wildman–Crippen MR) is 182 cm³/mol. The van der Waals surface area contributed by atoms with E-state index in [2.05, 4.69) is 128 Å². The summed E-state index contributed by atoms with van der Waals surface area (Å²) in [7, 11) is 0. The smallest absolute Gasteiger partial charge is 0.136 e. The fraction of sp³-hybridized carbons (Fsp3) is 0.143. The molecule has 2 atom stereocenters. The molecule has 208 valence electrons. The zero-order chi connectivity index (χ0) is 28.9. The molecule has 0 bridgehead atoms. The monoisotopic (exact) mass is 554 g/mol. The van der Waals surface area contributed by atoms with Crippen molar-refractivity contribution in [2.45, 2.75) is 25.7 Å². The largest absolute Gasteiger partial charge is 0.456 e. The molecule has 0 spiro atoms. The lowest BCUT2D eigenvalue weighted by molar-refractivity contribution is 0.669. The summed E-state index contributed by atoms with van der Waals surface area (Å²) in [4.78, 5) is 0. The molecule has 0 N–H and O–H groups in total. The number of furan rings is 1. The van der Waals surface area contributed by atoms with Crippen LogP contribution in [0.5, 0.6) is 0 Å². The van der Waals surface area contributed by atoms with Gasteiger partial charge in [0.05, 0.1) is 0 Å². The fourth-order valence-corrected chi connectivity index (χ4v) is 7.80. The van der Waals surface area contributed by atoms with Crippen molar-refractivity contribution < 1.29 is 4.42 Å². The van der Waals surface area contributed by atoms with Crippen molar-refractivity contribution in [3.8, 4) is 0 Å². The zero-order valence-electron chi connectivity index (χ0n) is 24.4. The van der Waals surface area contributed by atoms with Crippen molar-refractivity contribution in [3.05, 3.63) is 160 Å². The number of fused-ring (bicyclic) bond motifs is 5. The first-order valence-corrected chi connectivity index (χ1v) is 15.5. The van der Waals surface area contributed by atoms with E-state index in [0.717, 1.165) is 36.8 Å². The molecule has 3 aliphatic rings. The number of allylic oxidation sites excluding steroid dienone is 6. The third-order valence-electron chi connectivity index (χ3n) is 9.61. The molecule has 43 heavy (non-hydrogen) atoms. The number of benzene rings is 4. The van der Waals surface area contributed by atoms with Gasteiger partial charge in [-0.15, -0.1) is 13.2 Å². The summed E-state index contributed by atoms with van der Waals surface area (Å²) in [6.45, 7) is 8.83. The van der Waals surface area contributed by atoms with Crippen molar-refractivity contribution in [1.82, 2.24) is 0 Å². The van der Waals surface area contributed by atoms with E-state index >= 15 is 0 Å². The zero-order valence-corrected chi connectivity index (χ0v) is 24.4. The molecule has 0 radical (unpaired) electrons. The highest BCUT2D eigenvalue weighted by atomic mass is 16.3. The minimum atomic E-state index is 0.143. The highest BCUT2D eigenvalue weighted by Gasteiger charge is 2.32. The standard InChI is InChI=1S/C42H34O/c1-3-30-31(4-2)41(34-23-12-15-27-14-5-6-18-32(27)34)36-20-8-7-19-35(36)40(30)29-17-11-16-28(26-29)33-22-13-25-39-42(33)37-21-9-10-24-38(37)43-39/h3-10,13-16,18-22,24-26,30-31H,1-2,11-12,17,23H2. The number of rotatable bonds is 5. The first-order valence-electron chi connectivity index (χ1n) is 15.5. The Morgan fingerprint density at radius 3 is 2.14 bits per heavy atom. The van der Waals surface area contributed by atoms with Crippen LogP contribution in [0.1, 0.15) is 31.2 Å². The molecule has 0 amide bonds. The number of hydrogen-bond donors (Lipinski definition) is 0. The second-order valence-corrected chi connectivity index (χ2v) is 11.8. The Morgan fingerprint density at radius 2 is 1.30 bits per heavy atom. The van der Waals surface area contributed by atoms with Gasteiger partial charge in [-0.2, -0.15) is 0 Å². The highest BCUT2D eigenvalue weighted by Crippen LogP contribution is 2.43. The van der Waals surface area contributed by atoms with E-state index in [1.165, 1.54) is 65.1 Å². The minimum absolute atomic E-state index is 0.143. The van der Waals surface area contributed by atoms with Crippen LogP contribution in [0.15, 0.2) is 138 Å². The van der Waals surface area contributed by atoms with Crippen LogP contribution < -0.4 is 20.9 Å². The Morgan fingerprint density at radius 1 is 0.628 bits per heavy atom. The van der Waals surface area contributed by atoms with E-state index in [1.807, 2.05) is 6.07 Å². The van der Waals surface area contributed by atoms with Crippen molar-refractivity contribution in [1.29, 1.82) is 0 Å². The van der Waals surface area contributed by atoms with Crippen LogP contribution in [0, 0.1) is 11.8 Å². The minimum Gasteiger partial charge on any atom is -0.456 e. The predicted octanol–water partition coefficient (Wildman–Crippen LogP) is 7.73. The molecule has 1 heterocycles. The van der Waals surface area contributed by atoms with E-state index in [0.29, 0.717) is 0 Å². The van der Waals surface area contributed by atoms with Crippen molar-refractivity contribution >= 4 is 50.3 Å². The van der Waals surface area contributed by atoms with Crippen molar-refractivity contribution in [2.24, 2.45) is 11.8 Å². The lowest BCUT2D eigenvalue weighted by atomic mass is 9.69. The van der Waals surface area contributed by atoms with E-state index in [-0.39, 0.29) is 11.8 Å².